The van der Waals surface area contributed by atoms with Gasteiger partial charge in [0.2, 0.25) is 0 Å². The summed E-state index contributed by atoms with van der Waals surface area (Å²) in [7, 11) is 0. The van der Waals surface area contributed by atoms with Crippen molar-refractivity contribution in [2.75, 3.05) is 13.2 Å². The van der Waals surface area contributed by atoms with Crippen LogP contribution in [-0.2, 0) is 9.47 Å². The van der Waals surface area contributed by atoms with Crippen molar-refractivity contribution in [3.63, 3.8) is 0 Å². The Labute approximate surface area is 159 Å². The minimum absolute atomic E-state index is 0.0362. The molecule has 1 N–H and O–H groups in total. The summed E-state index contributed by atoms with van der Waals surface area (Å²) in [5, 5.41) is 10.2. The van der Waals surface area contributed by atoms with E-state index in [-0.39, 0.29) is 11.9 Å². The molecule has 5 aliphatic rings. The highest BCUT2D eigenvalue weighted by Crippen LogP contribution is 2.69. The van der Waals surface area contributed by atoms with Crippen LogP contribution < -0.4 is 0 Å². The predicted molar refractivity (Wildman–Crippen MR) is 102 cm³/mol. The van der Waals surface area contributed by atoms with Crippen LogP contribution in [0, 0.1) is 40.4 Å². The highest BCUT2D eigenvalue weighted by Gasteiger charge is 2.63. The molecule has 3 heteroatoms. The Balaban J connectivity index is 1.41. The first-order valence-electron chi connectivity index (χ1n) is 11.3. The van der Waals surface area contributed by atoms with Crippen molar-refractivity contribution in [2.24, 2.45) is 40.4 Å². The van der Waals surface area contributed by atoms with Crippen molar-refractivity contribution in [1.29, 1.82) is 0 Å². The maximum absolute atomic E-state index is 10.2. The zero-order valence-electron chi connectivity index (χ0n) is 17.0. The van der Waals surface area contributed by atoms with E-state index < -0.39 is 0 Å². The van der Waals surface area contributed by atoms with Crippen LogP contribution in [0.25, 0.3) is 0 Å². The van der Waals surface area contributed by atoms with Crippen molar-refractivity contribution in [1.82, 2.24) is 0 Å². The van der Waals surface area contributed by atoms with Gasteiger partial charge in [0.15, 0.2) is 5.79 Å². The monoisotopic (exact) mass is 362 g/mol. The third-order valence-corrected chi connectivity index (χ3v) is 10.1. The SMILES string of the molecule is CC1([C@H]2CC[C@H]3[C@@H]4CC[C@H]5C[C@@H](O)CC[C@]5(C)[C@H]4CC[C@]23C)OCCO1. The van der Waals surface area contributed by atoms with Gasteiger partial charge in [0.25, 0.3) is 0 Å². The van der Waals surface area contributed by atoms with E-state index in [9.17, 15) is 5.11 Å². The first-order chi connectivity index (χ1) is 12.4. The quantitative estimate of drug-likeness (QED) is 0.730. The Morgan fingerprint density at radius 3 is 2.23 bits per heavy atom. The number of hydrogen-bond acceptors (Lipinski definition) is 3. The molecule has 0 bridgehead atoms. The van der Waals surface area contributed by atoms with Gasteiger partial charge in [-0.1, -0.05) is 13.8 Å². The van der Waals surface area contributed by atoms with E-state index in [1.807, 2.05) is 0 Å². The highest BCUT2D eigenvalue weighted by molar-refractivity contribution is 5.11. The zero-order chi connectivity index (χ0) is 18.2. The highest BCUT2D eigenvalue weighted by atomic mass is 16.7. The van der Waals surface area contributed by atoms with Crippen LogP contribution in [0.1, 0.15) is 78.6 Å². The molecule has 5 rings (SSSR count). The molecular formula is C23H38O3. The van der Waals surface area contributed by atoms with E-state index in [0.717, 1.165) is 49.7 Å². The average Bonchev–Trinajstić information content (AvgIpc) is 3.19. The summed E-state index contributed by atoms with van der Waals surface area (Å²) in [5.41, 5.74) is 0.865. The van der Waals surface area contributed by atoms with Gasteiger partial charge in [-0.2, -0.15) is 0 Å². The zero-order valence-corrected chi connectivity index (χ0v) is 17.0. The van der Waals surface area contributed by atoms with Crippen molar-refractivity contribution < 1.29 is 14.6 Å². The number of rotatable bonds is 1. The van der Waals surface area contributed by atoms with Crippen LogP contribution in [-0.4, -0.2) is 30.2 Å². The lowest BCUT2D eigenvalue weighted by Gasteiger charge is -2.61. The van der Waals surface area contributed by atoms with Gasteiger partial charge in [-0.25, -0.2) is 0 Å². The Kier molecular flexibility index (Phi) is 4.10. The Hall–Kier alpha value is -0.120. The largest absolute Gasteiger partial charge is 0.393 e. The predicted octanol–water partition coefficient (Wildman–Crippen LogP) is 4.77. The minimum Gasteiger partial charge on any atom is -0.393 e. The molecule has 3 nitrogen and oxygen atoms in total. The molecule has 0 amide bonds. The van der Waals surface area contributed by atoms with Gasteiger partial charge in [0, 0.05) is 5.92 Å². The van der Waals surface area contributed by atoms with Crippen molar-refractivity contribution in [3.8, 4) is 0 Å². The Morgan fingerprint density at radius 2 is 1.46 bits per heavy atom. The normalized spacial score (nSPS) is 55.8. The number of hydrogen-bond donors (Lipinski definition) is 1. The number of ether oxygens (including phenoxy) is 2. The molecule has 1 heterocycles. The molecule has 148 valence electrons. The van der Waals surface area contributed by atoms with Gasteiger partial charge in [0.05, 0.1) is 19.3 Å². The molecule has 26 heavy (non-hydrogen) atoms. The van der Waals surface area contributed by atoms with Crippen LogP contribution in [0.4, 0.5) is 0 Å². The van der Waals surface area contributed by atoms with E-state index in [0.29, 0.717) is 16.7 Å². The lowest BCUT2D eigenvalue weighted by atomic mass is 9.44. The maximum atomic E-state index is 10.2. The Morgan fingerprint density at radius 1 is 0.769 bits per heavy atom. The fraction of sp³-hybridized carbons (Fsp3) is 1.00. The van der Waals surface area contributed by atoms with Gasteiger partial charge < -0.3 is 14.6 Å². The van der Waals surface area contributed by atoms with Gasteiger partial charge in [-0.05, 0) is 99.2 Å². The smallest absolute Gasteiger partial charge is 0.169 e. The number of aliphatic hydroxyl groups is 1. The topological polar surface area (TPSA) is 38.7 Å². The summed E-state index contributed by atoms with van der Waals surface area (Å²) in [5.74, 6) is 3.59. The molecule has 8 atom stereocenters. The second kappa shape index (κ2) is 5.94. The molecule has 4 saturated carbocycles. The van der Waals surface area contributed by atoms with Crippen LogP contribution in [0.3, 0.4) is 0 Å². The molecule has 0 aromatic heterocycles. The summed E-state index contributed by atoms with van der Waals surface area (Å²) in [4.78, 5) is 0. The van der Waals surface area contributed by atoms with Gasteiger partial charge in [0.1, 0.15) is 0 Å². The van der Waals surface area contributed by atoms with Crippen LogP contribution >= 0.6 is 0 Å². The summed E-state index contributed by atoms with van der Waals surface area (Å²) < 4.78 is 12.3. The van der Waals surface area contributed by atoms with E-state index in [2.05, 4.69) is 20.8 Å². The van der Waals surface area contributed by atoms with Crippen LogP contribution in [0.5, 0.6) is 0 Å². The number of aliphatic hydroxyl groups excluding tert-OH is 1. The molecule has 0 aromatic rings. The third kappa shape index (κ3) is 2.35. The third-order valence-electron chi connectivity index (χ3n) is 10.1. The molecule has 4 aliphatic carbocycles. The van der Waals surface area contributed by atoms with Gasteiger partial charge in [-0.3, -0.25) is 0 Å². The van der Waals surface area contributed by atoms with E-state index >= 15 is 0 Å². The fourth-order valence-corrected chi connectivity index (χ4v) is 8.83. The van der Waals surface area contributed by atoms with Gasteiger partial charge in [-0.15, -0.1) is 0 Å². The van der Waals surface area contributed by atoms with E-state index in [4.69, 9.17) is 9.47 Å². The summed E-state index contributed by atoms with van der Waals surface area (Å²) in [6, 6.07) is 0. The number of fused-ring (bicyclic) bond motifs is 5. The van der Waals surface area contributed by atoms with E-state index in [1.54, 1.807) is 0 Å². The standard InChI is InChI=1S/C23H38O3/c1-21-10-8-16(24)14-15(21)4-5-17-18-6-7-20(23(3)25-12-13-26-23)22(18,2)11-9-19(17)21/h15-20,24H,4-14H2,1-3H3/t15-,16-,17-,18-,19-,20-,21-,22-/m0/s1. The molecule has 1 aliphatic heterocycles. The molecule has 1 saturated heterocycles. The summed E-state index contributed by atoms with van der Waals surface area (Å²) in [6.07, 6.45) is 11.4. The van der Waals surface area contributed by atoms with Crippen molar-refractivity contribution in [2.45, 2.75) is 90.4 Å². The second-order valence-corrected chi connectivity index (χ2v) is 11.0. The lowest BCUT2D eigenvalue weighted by Crippen LogP contribution is -2.55. The first kappa shape index (κ1) is 17.9. The average molecular weight is 363 g/mol. The molecule has 0 aromatic carbocycles. The van der Waals surface area contributed by atoms with Gasteiger partial charge >= 0.3 is 0 Å². The van der Waals surface area contributed by atoms with Crippen molar-refractivity contribution in [3.05, 3.63) is 0 Å². The molecule has 0 unspecified atom stereocenters. The molecule has 5 fully saturated rings. The first-order valence-corrected chi connectivity index (χ1v) is 11.3. The van der Waals surface area contributed by atoms with Crippen molar-refractivity contribution >= 4 is 0 Å². The molecule has 0 radical (unpaired) electrons. The minimum atomic E-state index is -0.341. The lowest BCUT2D eigenvalue weighted by molar-refractivity contribution is -0.218. The fourth-order valence-electron chi connectivity index (χ4n) is 8.83. The Bertz CT molecular complexity index is 556. The molecule has 0 spiro atoms. The summed E-state index contributed by atoms with van der Waals surface area (Å²) in [6.45, 7) is 8.90. The van der Waals surface area contributed by atoms with Crippen LogP contribution in [0.2, 0.25) is 0 Å². The maximum Gasteiger partial charge on any atom is 0.169 e. The summed E-state index contributed by atoms with van der Waals surface area (Å²) >= 11 is 0. The second-order valence-electron chi connectivity index (χ2n) is 11.0. The van der Waals surface area contributed by atoms with E-state index in [1.165, 1.54) is 44.9 Å². The molecular weight excluding hydrogens is 324 g/mol. The van der Waals surface area contributed by atoms with Crippen LogP contribution in [0.15, 0.2) is 0 Å².